The number of hydrogen-bond acceptors (Lipinski definition) is 4. The van der Waals surface area contributed by atoms with Gasteiger partial charge in [0, 0.05) is 34.5 Å². The fourth-order valence-electron chi connectivity index (χ4n) is 2.91. The molecule has 4 rings (SSSR count). The van der Waals surface area contributed by atoms with Crippen LogP contribution in [-0.4, -0.2) is 25.5 Å². The minimum Gasteiger partial charge on any atom is -0.295 e. The molecule has 0 bridgehead atoms. The van der Waals surface area contributed by atoms with Crippen LogP contribution in [0.4, 0.5) is 4.39 Å². The van der Waals surface area contributed by atoms with E-state index in [1.165, 1.54) is 13.0 Å². The summed E-state index contributed by atoms with van der Waals surface area (Å²) in [6.45, 7) is 3.41. The zero-order chi connectivity index (χ0) is 18.3. The molecule has 0 N–H and O–H groups in total. The molecular weight excluding hydrogens is 331 g/mol. The van der Waals surface area contributed by atoms with Crippen LogP contribution in [0.3, 0.4) is 0 Å². The highest BCUT2D eigenvalue weighted by atomic mass is 19.1. The predicted molar refractivity (Wildman–Crippen MR) is 96.8 cm³/mol. The average molecular weight is 346 g/mol. The van der Waals surface area contributed by atoms with E-state index in [1.54, 1.807) is 47.4 Å². The summed E-state index contributed by atoms with van der Waals surface area (Å²) in [5.74, 6) is 0.0207. The van der Waals surface area contributed by atoms with Gasteiger partial charge in [0.2, 0.25) is 0 Å². The first-order valence-corrected chi connectivity index (χ1v) is 8.12. The first kappa shape index (κ1) is 16.1. The molecule has 0 aliphatic rings. The van der Waals surface area contributed by atoms with Gasteiger partial charge in [0.25, 0.3) is 5.95 Å². The molecule has 0 spiro atoms. The number of aryl methyl sites for hydroxylation is 1. The van der Waals surface area contributed by atoms with Crippen LogP contribution >= 0.6 is 0 Å². The molecule has 0 aliphatic carbocycles. The van der Waals surface area contributed by atoms with Crippen LogP contribution in [0.5, 0.6) is 0 Å². The maximum Gasteiger partial charge on any atom is 0.251 e. The van der Waals surface area contributed by atoms with Crippen LogP contribution in [0.15, 0.2) is 54.9 Å². The summed E-state index contributed by atoms with van der Waals surface area (Å²) >= 11 is 0. The Labute approximate surface area is 149 Å². The normalized spacial score (nSPS) is 11.0. The first-order chi connectivity index (χ1) is 12.5. The quantitative estimate of drug-likeness (QED) is 0.523. The zero-order valence-electron chi connectivity index (χ0n) is 14.3. The zero-order valence-corrected chi connectivity index (χ0v) is 14.3. The molecule has 4 aromatic rings. The van der Waals surface area contributed by atoms with E-state index in [2.05, 4.69) is 15.1 Å². The highest BCUT2D eigenvalue weighted by Gasteiger charge is 2.13. The van der Waals surface area contributed by atoms with Gasteiger partial charge in [-0.05, 0) is 26.0 Å². The summed E-state index contributed by atoms with van der Waals surface area (Å²) in [7, 11) is 0. The number of carbonyl (C=O) groups excluding carboxylic acids is 1. The fourth-order valence-corrected chi connectivity index (χ4v) is 2.91. The van der Waals surface area contributed by atoms with E-state index < -0.39 is 0 Å². The number of nitrogens with zero attached hydrogens (tertiary/aromatic N) is 4. The topological polar surface area (TPSA) is 60.7 Å². The van der Waals surface area contributed by atoms with Crippen molar-refractivity contribution in [2.24, 2.45) is 0 Å². The Bertz CT molecular complexity index is 1130. The second-order valence-corrected chi connectivity index (χ2v) is 6.04. The number of aromatic nitrogens is 4. The van der Waals surface area contributed by atoms with Crippen LogP contribution < -0.4 is 0 Å². The molecule has 0 radical (unpaired) electrons. The first-order valence-electron chi connectivity index (χ1n) is 8.12. The number of rotatable bonds is 3. The van der Waals surface area contributed by atoms with Crippen molar-refractivity contribution in [1.82, 2.24) is 19.7 Å². The van der Waals surface area contributed by atoms with Gasteiger partial charge in [-0.2, -0.15) is 9.78 Å². The molecule has 0 saturated heterocycles. The highest BCUT2D eigenvalue weighted by molar-refractivity contribution is 5.98. The fraction of sp³-hybridized carbons (Fsp3) is 0.100. The number of fused-ring (bicyclic) bond motifs is 1. The Kier molecular flexibility index (Phi) is 3.80. The molecule has 5 nitrogen and oxygen atoms in total. The van der Waals surface area contributed by atoms with Crippen LogP contribution in [0.25, 0.3) is 28.0 Å². The van der Waals surface area contributed by atoms with E-state index in [4.69, 9.17) is 0 Å². The molecule has 0 amide bonds. The summed E-state index contributed by atoms with van der Waals surface area (Å²) < 4.78 is 15.5. The largest absolute Gasteiger partial charge is 0.295 e. The van der Waals surface area contributed by atoms with Gasteiger partial charge < -0.3 is 0 Å². The maximum atomic E-state index is 13.9. The molecule has 0 fully saturated rings. The summed E-state index contributed by atoms with van der Waals surface area (Å²) in [6.07, 6.45) is 3.14. The Morgan fingerprint density at radius 3 is 2.50 bits per heavy atom. The van der Waals surface area contributed by atoms with Crippen LogP contribution in [0, 0.1) is 12.7 Å². The third-order valence-electron chi connectivity index (χ3n) is 4.28. The Morgan fingerprint density at radius 2 is 1.81 bits per heavy atom. The lowest BCUT2D eigenvalue weighted by molar-refractivity contribution is 0.101. The lowest BCUT2D eigenvalue weighted by Gasteiger charge is -2.05. The number of ketones is 1. The third-order valence-corrected chi connectivity index (χ3v) is 4.28. The molecule has 6 heteroatoms. The number of carbonyl (C=O) groups is 1. The Morgan fingerprint density at radius 1 is 1.08 bits per heavy atom. The van der Waals surface area contributed by atoms with Gasteiger partial charge in [-0.25, -0.2) is 14.4 Å². The molecular formula is C20H15FN4O. The monoisotopic (exact) mass is 346 g/mol. The Balaban J connectivity index is 1.82. The molecule has 2 heterocycles. The molecule has 128 valence electrons. The lowest BCUT2D eigenvalue weighted by Crippen LogP contribution is -2.03. The standard InChI is InChI=1S/C20H15FN4O/c1-12-16-8-7-14(13(2)26)9-19(16)25(24-12)20-22-10-15(11-23-20)17-5-3-4-6-18(17)21/h3-11H,1-2H3. The van der Waals surface area contributed by atoms with E-state index in [9.17, 15) is 9.18 Å². The third kappa shape index (κ3) is 2.65. The van der Waals surface area contributed by atoms with Crippen LogP contribution in [0.1, 0.15) is 23.0 Å². The van der Waals surface area contributed by atoms with Crippen molar-refractivity contribution in [2.45, 2.75) is 13.8 Å². The van der Waals surface area contributed by atoms with E-state index in [-0.39, 0.29) is 11.6 Å². The van der Waals surface area contributed by atoms with Crippen molar-refractivity contribution in [3.63, 3.8) is 0 Å². The van der Waals surface area contributed by atoms with Gasteiger partial charge in [0.1, 0.15) is 5.82 Å². The van der Waals surface area contributed by atoms with Gasteiger partial charge in [-0.15, -0.1) is 0 Å². The molecule has 0 unspecified atom stereocenters. The number of benzene rings is 2. The highest BCUT2D eigenvalue weighted by Crippen LogP contribution is 2.24. The van der Waals surface area contributed by atoms with E-state index in [0.29, 0.717) is 22.6 Å². The number of halogens is 1. The van der Waals surface area contributed by atoms with Gasteiger partial charge >= 0.3 is 0 Å². The van der Waals surface area contributed by atoms with Gasteiger partial charge in [0.05, 0.1) is 11.2 Å². The minimum absolute atomic E-state index is 0.0203. The number of Topliss-reactive ketones (excluding diaryl/α,β-unsaturated/α-hetero) is 1. The second-order valence-electron chi connectivity index (χ2n) is 6.04. The van der Waals surface area contributed by atoms with Gasteiger partial charge in [-0.1, -0.05) is 30.3 Å². The predicted octanol–water partition coefficient (Wildman–Crippen LogP) is 4.13. The van der Waals surface area contributed by atoms with Crippen molar-refractivity contribution in [2.75, 3.05) is 0 Å². The van der Waals surface area contributed by atoms with Crippen molar-refractivity contribution >= 4 is 16.7 Å². The van der Waals surface area contributed by atoms with Crippen LogP contribution in [-0.2, 0) is 0 Å². The minimum atomic E-state index is -0.324. The Hall–Kier alpha value is -3.41. The SMILES string of the molecule is CC(=O)c1ccc2c(C)nn(-c3ncc(-c4ccccc4F)cn3)c2c1. The molecule has 26 heavy (non-hydrogen) atoms. The number of hydrogen-bond donors (Lipinski definition) is 0. The van der Waals surface area contributed by atoms with Crippen molar-refractivity contribution < 1.29 is 9.18 Å². The summed E-state index contributed by atoms with van der Waals surface area (Å²) in [6, 6.07) is 11.9. The van der Waals surface area contributed by atoms with Crippen molar-refractivity contribution in [3.05, 3.63) is 71.9 Å². The smallest absolute Gasteiger partial charge is 0.251 e. The van der Waals surface area contributed by atoms with E-state index in [1.807, 2.05) is 13.0 Å². The van der Waals surface area contributed by atoms with E-state index in [0.717, 1.165) is 16.6 Å². The van der Waals surface area contributed by atoms with Gasteiger partial charge in [0.15, 0.2) is 5.78 Å². The average Bonchev–Trinajstić information content (AvgIpc) is 2.98. The lowest BCUT2D eigenvalue weighted by atomic mass is 10.1. The summed E-state index contributed by atoms with van der Waals surface area (Å²) in [4.78, 5) is 20.4. The molecule has 0 saturated carbocycles. The molecule has 0 atom stereocenters. The van der Waals surface area contributed by atoms with Crippen LogP contribution in [0.2, 0.25) is 0 Å². The summed E-state index contributed by atoms with van der Waals surface area (Å²) in [5.41, 5.74) is 3.20. The van der Waals surface area contributed by atoms with Gasteiger partial charge in [-0.3, -0.25) is 4.79 Å². The van der Waals surface area contributed by atoms with Crippen molar-refractivity contribution in [3.8, 4) is 17.1 Å². The summed E-state index contributed by atoms with van der Waals surface area (Å²) in [5, 5.41) is 5.41. The molecule has 2 aromatic heterocycles. The second kappa shape index (κ2) is 6.15. The molecule has 2 aromatic carbocycles. The van der Waals surface area contributed by atoms with Crippen molar-refractivity contribution in [1.29, 1.82) is 0 Å². The molecule has 0 aliphatic heterocycles. The maximum absolute atomic E-state index is 13.9. The van der Waals surface area contributed by atoms with E-state index >= 15 is 0 Å².